The number of benzene rings is 1. The first-order valence-electron chi connectivity index (χ1n) is 5.28. The van der Waals surface area contributed by atoms with Crippen molar-refractivity contribution in [2.24, 2.45) is 0 Å². The molecule has 0 radical (unpaired) electrons. The maximum atomic E-state index is 11.8. The van der Waals surface area contributed by atoms with Crippen molar-refractivity contribution >= 4 is 23.2 Å². The Balaban J connectivity index is 0.00000120. The summed E-state index contributed by atoms with van der Waals surface area (Å²) in [6.45, 7) is 0. The predicted molar refractivity (Wildman–Crippen MR) is 73.0 cm³/mol. The second-order valence-corrected chi connectivity index (χ2v) is 3.72. The van der Waals surface area contributed by atoms with Crippen LogP contribution in [0.25, 0.3) is 22.1 Å². The van der Waals surface area contributed by atoms with E-state index < -0.39 is 0 Å². The molecule has 1 aromatic carbocycles. The van der Waals surface area contributed by atoms with Crippen LogP contribution in [0.4, 0.5) is 0 Å². The van der Waals surface area contributed by atoms with Crippen LogP contribution < -0.4 is 5.63 Å². The van der Waals surface area contributed by atoms with Crippen LogP contribution in [0.1, 0.15) is 0 Å². The number of rotatable bonds is 1. The Morgan fingerprint density at radius 3 is 2.50 bits per heavy atom. The van der Waals surface area contributed by atoms with Gasteiger partial charge in [-0.1, -0.05) is 18.2 Å². The summed E-state index contributed by atoms with van der Waals surface area (Å²) < 4.78 is 5.29. The standard InChI is InChI=1S/C14H9NO2.ClH/c16-14-12-4-2-1-3-11(12)9-13(17-14)10-5-7-15-8-6-10;/h1-9H;1H. The third kappa shape index (κ3) is 2.13. The first-order valence-corrected chi connectivity index (χ1v) is 5.28. The molecule has 2 aromatic heterocycles. The lowest BCUT2D eigenvalue weighted by molar-refractivity contribution is 0.534. The largest absolute Gasteiger partial charge is 0.422 e. The second-order valence-electron chi connectivity index (χ2n) is 3.72. The smallest absolute Gasteiger partial charge is 0.344 e. The summed E-state index contributed by atoms with van der Waals surface area (Å²) in [4.78, 5) is 15.7. The minimum absolute atomic E-state index is 0. The molecule has 0 amide bonds. The molecule has 0 aliphatic carbocycles. The molecule has 0 unspecified atom stereocenters. The SMILES string of the molecule is Cl.O=c1oc(-c2ccncc2)cc2ccccc12. The van der Waals surface area contributed by atoms with Crippen molar-refractivity contribution < 1.29 is 4.42 Å². The maximum Gasteiger partial charge on any atom is 0.344 e. The molecule has 0 aliphatic heterocycles. The fraction of sp³-hybridized carbons (Fsp3) is 0. The van der Waals surface area contributed by atoms with Gasteiger partial charge in [0.05, 0.1) is 5.39 Å². The van der Waals surface area contributed by atoms with E-state index in [0.29, 0.717) is 11.1 Å². The van der Waals surface area contributed by atoms with Gasteiger partial charge < -0.3 is 4.42 Å². The summed E-state index contributed by atoms with van der Waals surface area (Å²) in [5.41, 5.74) is 0.540. The summed E-state index contributed by atoms with van der Waals surface area (Å²) in [5.74, 6) is 0.566. The molecule has 0 N–H and O–H groups in total. The first kappa shape index (κ1) is 12.3. The van der Waals surface area contributed by atoms with Gasteiger partial charge in [-0.15, -0.1) is 12.4 Å². The molecule has 0 atom stereocenters. The van der Waals surface area contributed by atoms with Gasteiger partial charge in [0.15, 0.2) is 0 Å². The highest BCUT2D eigenvalue weighted by Crippen LogP contribution is 2.20. The molecule has 18 heavy (non-hydrogen) atoms. The average Bonchev–Trinajstić information content (AvgIpc) is 2.40. The number of hydrogen-bond donors (Lipinski definition) is 0. The third-order valence-electron chi connectivity index (χ3n) is 2.63. The van der Waals surface area contributed by atoms with Crippen LogP contribution in [0.2, 0.25) is 0 Å². The molecular weight excluding hydrogens is 250 g/mol. The Hall–Kier alpha value is -2.13. The zero-order valence-corrected chi connectivity index (χ0v) is 10.2. The van der Waals surface area contributed by atoms with Crippen LogP contribution in [0.5, 0.6) is 0 Å². The molecule has 0 spiro atoms. The minimum Gasteiger partial charge on any atom is -0.422 e. The van der Waals surface area contributed by atoms with E-state index in [-0.39, 0.29) is 18.0 Å². The maximum absolute atomic E-state index is 11.8. The molecular formula is C14H10ClNO2. The van der Waals surface area contributed by atoms with E-state index in [1.807, 2.05) is 36.4 Å². The van der Waals surface area contributed by atoms with Crippen LogP contribution in [-0.2, 0) is 0 Å². The van der Waals surface area contributed by atoms with Crippen molar-refractivity contribution in [2.75, 3.05) is 0 Å². The Morgan fingerprint density at radius 1 is 1.00 bits per heavy atom. The topological polar surface area (TPSA) is 43.1 Å². The van der Waals surface area contributed by atoms with E-state index in [1.165, 1.54) is 0 Å². The van der Waals surface area contributed by atoms with Gasteiger partial charge in [-0.3, -0.25) is 4.98 Å². The Labute approximate surface area is 110 Å². The molecule has 0 aliphatic rings. The zero-order chi connectivity index (χ0) is 11.7. The molecule has 0 bridgehead atoms. The minimum atomic E-state index is -0.310. The first-order chi connectivity index (χ1) is 8.34. The quantitative estimate of drug-likeness (QED) is 0.674. The van der Waals surface area contributed by atoms with E-state index in [4.69, 9.17) is 4.42 Å². The van der Waals surface area contributed by atoms with E-state index >= 15 is 0 Å². The lowest BCUT2D eigenvalue weighted by atomic mass is 10.1. The second kappa shape index (κ2) is 5.02. The molecule has 90 valence electrons. The Kier molecular flexibility index (Phi) is 3.44. The van der Waals surface area contributed by atoms with Crippen molar-refractivity contribution in [1.82, 2.24) is 4.98 Å². The number of pyridine rings is 1. The monoisotopic (exact) mass is 259 g/mol. The van der Waals surface area contributed by atoms with Crippen molar-refractivity contribution in [3.63, 3.8) is 0 Å². The van der Waals surface area contributed by atoms with Crippen LogP contribution in [-0.4, -0.2) is 4.98 Å². The van der Waals surface area contributed by atoms with Crippen LogP contribution in [0.15, 0.2) is 64.1 Å². The summed E-state index contributed by atoms with van der Waals surface area (Å²) >= 11 is 0. The molecule has 3 nitrogen and oxygen atoms in total. The predicted octanol–water partition coefficient (Wildman–Crippen LogP) is 3.28. The lowest BCUT2D eigenvalue weighted by Crippen LogP contribution is -1.99. The van der Waals surface area contributed by atoms with Crippen LogP contribution in [0.3, 0.4) is 0 Å². The van der Waals surface area contributed by atoms with Gasteiger partial charge in [0.1, 0.15) is 5.76 Å². The van der Waals surface area contributed by atoms with Crippen molar-refractivity contribution in [3.05, 3.63) is 65.3 Å². The molecule has 2 heterocycles. The third-order valence-corrected chi connectivity index (χ3v) is 2.63. The van der Waals surface area contributed by atoms with Gasteiger partial charge in [0, 0.05) is 18.0 Å². The highest BCUT2D eigenvalue weighted by molar-refractivity contribution is 5.85. The zero-order valence-electron chi connectivity index (χ0n) is 9.37. The summed E-state index contributed by atoms with van der Waals surface area (Å²) in [7, 11) is 0. The Bertz CT molecular complexity index is 722. The molecule has 0 saturated heterocycles. The number of fused-ring (bicyclic) bond motifs is 1. The van der Waals surface area contributed by atoms with Gasteiger partial charge in [0.2, 0.25) is 0 Å². The number of nitrogens with zero attached hydrogens (tertiary/aromatic N) is 1. The summed E-state index contributed by atoms with van der Waals surface area (Å²) in [6, 6.07) is 12.9. The van der Waals surface area contributed by atoms with Crippen LogP contribution >= 0.6 is 12.4 Å². The van der Waals surface area contributed by atoms with E-state index in [1.54, 1.807) is 18.5 Å². The number of halogens is 1. The fourth-order valence-electron chi connectivity index (χ4n) is 1.79. The average molecular weight is 260 g/mol. The highest BCUT2D eigenvalue weighted by atomic mass is 35.5. The van der Waals surface area contributed by atoms with Gasteiger partial charge in [-0.05, 0) is 29.7 Å². The van der Waals surface area contributed by atoms with Gasteiger partial charge in [-0.25, -0.2) is 4.79 Å². The van der Waals surface area contributed by atoms with E-state index in [2.05, 4.69) is 4.98 Å². The van der Waals surface area contributed by atoms with Crippen molar-refractivity contribution in [1.29, 1.82) is 0 Å². The molecule has 3 rings (SSSR count). The normalized spacial score (nSPS) is 10.0. The van der Waals surface area contributed by atoms with Gasteiger partial charge in [0.25, 0.3) is 0 Å². The van der Waals surface area contributed by atoms with Gasteiger partial charge >= 0.3 is 5.63 Å². The summed E-state index contributed by atoms with van der Waals surface area (Å²) in [5, 5.41) is 1.49. The van der Waals surface area contributed by atoms with E-state index in [9.17, 15) is 4.79 Å². The highest BCUT2D eigenvalue weighted by Gasteiger charge is 2.05. The fourth-order valence-corrected chi connectivity index (χ4v) is 1.79. The van der Waals surface area contributed by atoms with Crippen molar-refractivity contribution in [3.8, 4) is 11.3 Å². The molecule has 4 heteroatoms. The molecule has 0 fully saturated rings. The lowest BCUT2D eigenvalue weighted by Gasteiger charge is -2.01. The summed E-state index contributed by atoms with van der Waals surface area (Å²) in [6.07, 6.45) is 3.34. The van der Waals surface area contributed by atoms with E-state index in [0.717, 1.165) is 10.9 Å². The molecule has 3 aromatic rings. The number of aromatic nitrogens is 1. The Morgan fingerprint density at radius 2 is 1.72 bits per heavy atom. The number of hydrogen-bond acceptors (Lipinski definition) is 3. The van der Waals surface area contributed by atoms with Crippen molar-refractivity contribution in [2.45, 2.75) is 0 Å². The van der Waals surface area contributed by atoms with Crippen LogP contribution in [0, 0.1) is 0 Å². The van der Waals surface area contributed by atoms with Gasteiger partial charge in [-0.2, -0.15) is 0 Å². The molecule has 0 saturated carbocycles.